The Bertz CT molecular complexity index is 624. The van der Waals surface area contributed by atoms with Crippen LogP contribution in [0.4, 0.5) is 0 Å². The second-order valence-corrected chi connectivity index (χ2v) is 9.24. The summed E-state index contributed by atoms with van der Waals surface area (Å²) in [7, 11) is -1.68. The van der Waals surface area contributed by atoms with Crippen molar-refractivity contribution in [2.45, 2.75) is 50.1 Å². The zero-order valence-electron chi connectivity index (χ0n) is 12.6. The van der Waals surface area contributed by atoms with Gasteiger partial charge >= 0.3 is 0 Å². The largest absolute Gasteiger partial charge is 0.332 e. The molecule has 0 unspecified atom stereocenters. The van der Waals surface area contributed by atoms with Crippen molar-refractivity contribution >= 4 is 10.0 Å². The van der Waals surface area contributed by atoms with E-state index in [1.165, 1.54) is 38.3 Å². The van der Waals surface area contributed by atoms with Crippen molar-refractivity contribution < 1.29 is 8.42 Å². The van der Waals surface area contributed by atoms with Crippen LogP contribution in [0.2, 0.25) is 0 Å². The molecule has 0 amide bonds. The number of sulfonamides is 1. The van der Waals surface area contributed by atoms with E-state index in [-0.39, 0.29) is 11.1 Å². The molecule has 0 aliphatic heterocycles. The number of hydrogen-bond donors (Lipinski definition) is 1. The first-order valence-corrected chi connectivity index (χ1v) is 9.39. The zero-order chi connectivity index (χ0) is 14.8. The molecule has 4 fully saturated rings. The first-order chi connectivity index (χ1) is 9.95. The standard InChI is InChI=1S/C15H23N3O2S/c1-9-16-8-14(17-9)21(19,20)18(2)15-12-4-10-3-11(6-12)7-13(15)5-10/h8,10-13,15H,3-7H2,1-2H3,(H,16,17). The summed E-state index contributed by atoms with van der Waals surface area (Å²) in [6.45, 7) is 1.78. The Hall–Kier alpha value is -0.880. The van der Waals surface area contributed by atoms with Gasteiger partial charge in [0.1, 0.15) is 5.82 Å². The summed E-state index contributed by atoms with van der Waals surface area (Å²) < 4.78 is 27.3. The normalized spacial score (nSPS) is 38.3. The smallest absolute Gasteiger partial charge is 0.260 e. The van der Waals surface area contributed by atoms with Crippen LogP contribution in [-0.4, -0.2) is 35.8 Å². The van der Waals surface area contributed by atoms with E-state index in [2.05, 4.69) is 9.97 Å². The number of hydrogen-bond acceptors (Lipinski definition) is 3. The molecule has 4 bridgehead atoms. The van der Waals surface area contributed by atoms with E-state index >= 15 is 0 Å². The number of aryl methyl sites for hydroxylation is 1. The maximum atomic E-state index is 12.8. The van der Waals surface area contributed by atoms with Crippen molar-refractivity contribution in [3.8, 4) is 0 Å². The summed E-state index contributed by atoms with van der Waals surface area (Å²) in [6.07, 6.45) is 7.71. The Kier molecular flexibility index (Phi) is 2.99. The molecule has 0 spiro atoms. The van der Waals surface area contributed by atoms with Gasteiger partial charge < -0.3 is 4.98 Å². The van der Waals surface area contributed by atoms with Crippen LogP contribution < -0.4 is 0 Å². The van der Waals surface area contributed by atoms with Crippen LogP contribution >= 0.6 is 0 Å². The Morgan fingerprint density at radius 1 is 1.14 bits per heavy atom. The lowest BCUT2D eigenvalue weighted by atomic mass is 9.54. The molecule has 5 rings (SSSR count). The predicted molar refractivity (Wildman–Crippen MR) is 79.1 cm³/mol. The molecule has 1 N–H and O–H groups in total. The fraction of sp³-hybridized carbons (Fsp3) is 0.800. The third kappa shape index (κ3) is 2.06. The maximum Gasteiger partial charge on any atom is 0.260 e. The Balaban J connectivity index is 1.64. The van der Waals surface area contributed by atoms with E-state index in [1.54, 1.807) is 18.3 Å². The molecule has 5 nitrogen and oxygen atoms in total. The van der Waals surface area contributed by atoms with E-state index in [9.17, 15) is 8.42 Å². The molecule has 4 aliphatic rings. The Morgan fingerprint density at radius 2 is 1.71 bits per heavy atom. The van der Waals surface area contributed by atoms with Gasteiger partial charge in [0.2, 0.25) is 0 Å². The highest BCUT2D eigenvalue weighted by Crippen LogP contribution is 2.55. The summed E-state index contributed by atoms with van der Waals surface area (Å²) in [5.74, 6) is 3.48. The molecule has 0 saturated heterocycles. The van der Waals surface area contributed by atoms with Crippen LogP contribution in [0.1, 0.15) is 37.9 Å². The Morgan fingerprint density at radius 3 is 2.19 bits per heavy atom. The van der Waals surface area contributed by atoms with Crippen molar-refractivity contribution in [1.29, 1.82) is 0 Å². The zero-order valence-corrected chi connectivity index (χ0v) is 13.4. The number of nitrogens with zero attached hydrogens (tertiary/aromatic N) is 2. The SMILES string of the molecule is Cc1ncc(S(=O)(=O)N(C)C2C3CC4CC(C3)CC2C4)[nH]1. The van der Waals surface area contributed by atoms with Crippen molar-refractivity contribution in [2.75, 3.05) is 7.05 Å². The molecule has 116 valence electrons. The molecule has 21 heavy (non-hydrogen) atoms. The van der Waals surface area contributed by atoms with Gasteiger partial charge in [0.25, 0.3) is 10.0 Å². The van der Waals surface area contributed by atoms with Gasteiger partial charge in [0.05, 0.1) is 6.20 Å². The molecular weight excluding hydrogens is 286 g/mol. The van der Waals surface area contributed by atoms with Gasteiger partial charge in [0.15, 0.2) is 5.03 Å². The van der Waals surface area contributed by atoms with Gasteiger partial charge in [0, 0.05) is 13.1 Å². The summed E-state index contributed by atoms with van der Waals surface area (Å²) >= 11 is 0. The summed E-state index contributed by atoms with van der Waals surface area (Å²) in [5.41, 5.74) is 0. The minimum atomic E-state index is -3.45. The Labute approximate surface area is 126 Å². The predicted octanol–water partition coefficient (Wildman–Crippen LogP) is 2.16. The number of rotatable bonds is 3. The van der Waals surface area contributed by atoms with Crippen LogP contribution in [0.25, 0.3) is 0 Å². The molecule has 4 aliphatic carbocycles. The molecule has 6 heteroatoms. The van der Waals surface area contributed by atoms with E-state index in [0.29, 0.717) is 17.7 Å². The second-order valence-electron chi connectivity index (χ2n) is 7.28. The van der Waals surface area contributed by atoms with Crippen molar-refractivity contribution in [2.24, 2.45) is 23.7 Å². The van der Waals surface area contributed by atoms with Crippen LogP contribution in [0.3, 0.4) is 0 Å². The van der Waals surface area contributed by atoms with Gasteiger partial charge in [-0.25, -0.2) is 13.4 Å². The summed E-state index contributed by atoms with van der Waals surface area (Å²) in [6, 6.07) is 0.186. The molecule has 1 aromatic rings. The molecule has 1 heterocycles. The highest BCUT2D eigenvalue weighted by atomic mass is 32.2. The third-order valence-electron chi connectivity index (χ3n) is 5.93. The maximum absolute atomic E-state index is 12.8. The van der Waals surface area contributed by atoms with Gasteiger partial charge in [-0.3, -0.25) is 0 Å². The average Bonchev–Trinajstić information content (AvgIpc) is 2.84. The lowest BCUT2D eigenvalue weighted by molar-refractivity contribution is -0.0351. The molecule has 0 radical (unpaired) electrons. The highest BCUT2D eigenvalue weighted by Gasteiger charge is 2.51. The minimum absolute atomic E-state index is 0.186. The molecular formula is C15H23N3O2S. The second kappa shape index (κ2) is 4.56. The monoisotopic (exact) mass is 309 g/mol. The number of nitrogens with one attached hydrogen (secondary N) is 1. The quantitative estimate of drug-likeness (QED) is 0.930. The lowest BCUT2D eigenvalue weighted by Gasteiger charge is -2.56. The first-order valence-electron chi connectivity index (χ1n) is 7.95. The van der Waals surface area contributed by atoms with E-state index in [1.807, 2.05) is 0 Å². The number of aromatic amines is 1. The van der Waals surface area contributed by atoms with E-state index in [4.69, 9.17) is 0 Å². The van der Waals surface area contributed by atoms with E-state index in [0.717, 1.165) is 11.8 Å². The van der Waals surface area contributed by atoms with Crippen LogP contribution in [0.5, 0.6) is 0 Å². The summed E-state index contributed by atoms with van der Waals surface area (Å²) in [5, 5.41) is 0.233. The molecule has 0 atom stereocenters. The van der Waals surface area contributed by atoms with Crippen LogP contribution in [-0.2, 0) is 10.0 Å². The van der Waals surface area contributed by atoms with Gasteiger partial charge in [-0.2, -0.15) is 4.31 Å². The lowest BCUT2D eigenvalue weighted by Crippen LogP contribution is -2.56. The number of H-pyrrole nitrogens is 1. The van der Waals surface area contributed by atoms with E-state index < -0.39 is 10.0 Å². The van der Waals surface area contributed by atoms with Gasteiger partial charge in [-0.15, -0.1) is 0 Å². The number of imidazole rings is 1. The third-order valence-corrected chi connectivity index (χ3v) is 7.70. The van der Waals surface area contributed by atoms with Crippen molar-refractivity contribution in [1.82, 2.24) is 14.3 Å². The highest BCUT2D eigenvalue weighted by molar-refractivity contribution is 7.89. The summed E-state index contributed by atoms with van der Waals surface area (Å²) in [4.78, 5) is 6.92. The van der Waals surface area contributed by atoms with Gasteiger partial charge in [-0.05, 0) is 62.7 Å². The number of aromatic nitrogens is 2. The average molecular weight is 309 g/mol. The van der Waals surface area contributed by atoms with Crippen LogP contribution in [0, 0.1) is 30.6 Å². The first kappa shape index (κ1) is 13.8. The molecule has 1 aromatic heterocycles. The topological polar surface area (TPSA) is 66.1 Å². The fourth-order valence-corrected chi connectivity index (χ4v) is 6.77. The van der Waals surface area contributed by atoms with Gasteiger partial charge in [-0.1, -0.05) is 0 Å². The van der Waals surface area contributed by atoms with Crippen molar-refractivity contribution in [3.05, 3.63) is 12.0 Å². The molecule has 4 saturated carbocycles. The van der Waals surface area contributed by atoms with Crippen molar-refractivity contribution in [3.63, 3.8) is 0 Å². The fourth-order valence-electron chi connectivity index (χ4n) is 5.33. The molecule has 0 aromatic carbocycles. The minimum Gasteiger partial charge on any atom is -0.332 e. The van der Waals surface area contributed by atoms with Crippen LogP contribution in [0.15, 0.2) is 11.2 Å².